The average molecular weight is 473 g/mol. The van der Waals surface area contributed by atoms with Crippen molar-refractivity contribution in [2.24, 2.45) is 10.8 Å². The summed E-state index contributed by atoms with van der Waals surface area (Å²) in [5.41, 5.74) is 3.38. The maximum atomic E-state index is 13.0. The van der Waals surface area contributed by atoms with Gasteiger partial charge in [0.05, 0.1) is 17.0 Å². The lowest BCUT2D eigenvalue weighted by molar-refractivity contribution is -0.161. The van der Waals surface area contributed by atoms with Crippen LogP contribution in [0, 0.1) is 10.8 Å². The van der Waals surface area contributed by atoms with E-state index in [1.807, 2.05) is 0 Å². The number of esters is 2. The fourth-order valence-electron chi connectivity index (χ4n) is 1.87. The van der Waals surface area contributed by atoms with E-state index in [9.17, 15) is 18.9 Å². The highest BCUT2D eigenvalue weighted by Crippen LogP contribution is 2.48. The van der Waals surface area contributed by atoms with Gasteiger partial charge in [-0.2, -0.15) is 4.98 Å². The number of hydrogen-bond donors (Lipinski definition) is 1. The second-order valence-corrected chi connectivity index (χ2v) is 11.0. The second-order valence-electron chi connectivity index (χ2n) is 8.91. The van der Waals surface area contributed by atoms with Crippen molar-refractivity contribution in [3.8, 4) is 0 Å². The molecule has 0 unspecified atom stereocenters. The van der Waals surface area contributed by atoms with Crippen molar-refractivity contribution in [2.45, 2.75) is 48.1 Å². The molecule has 32 heavy (non-hydrogen) atoms. The van der Waals surface area contributed by atoms with Crippen LogP contribution in [0.2, 0.25) is 0 Å². The molecule has 1 rings (SSSR count). The molecule has 11 nitrogen and oxygen atoms in total. The van der Waals surface area contributed by atoms with Gasteiger partial charge in [0, 0.05) is 12.7 Å². The average Bonchev–Trinajstić information content (AvgIpc) is 2.65. The molecule has 0 fully saturated rings. The Balaban J connectivity index is 2.76. The monoisotopic (exact) mass is 473 g/mol. The minimum atomic E-state index is -3.84. The third-order valence-corrected chi connectivity index (χ3v) is 5.45. The van der Waals surface area contributed by atoms with E-state index in [1.54, 1.807) is 47.6 Å². The summed E-state index contributed by atoms with van der Waals surface area (Å²) in [4.78, 5) is 39.1. The largest absolute Gasteiger partial charge is 0.438 e. The fraction of sp³-hybridized carbons (Fsp3) is 0.600. The van der Waals surface area contributed by atoms with Crippen molar-refractivity contribution in [2.75, 3.05) is 25.5 Å². The maximum absolute atomic E-state index is 13.0. The molecular formula is C20H32N3O8P. The van der Waals surface area contributed by atoms with Crippen molar-refractivity contribution in [1.29, 1.82) is 0 Å². The Morgan fingerprint density at radius 3 is 1.97 bits per heavy atom. The Morgan fingerprint density at radius 2 is 1.53 bits per heavy atom. The molecule has 0 aliphatic rings. The number of carbonyl (C=O) groups excluding carboxylic acids is 2. The topological polar surface area (TPSA) is 149 Å². The van der Waals surface area contributed by atoms with Crippen LogP contribution in [0.15, 0.2) is 29.2 Å². The van der Waals surface area contributed by atoms with Crippen LogP contribution in [0.4, 0.5) is 5.82 Å². The summed E-state index contributed by atoms with van der Waals surface area (Å²) in [5, 5.41) is 0. The molecule has 12 heteroatoms. The van der Waals surface area contributed by atoms with Gasteiger partial charge < -0.3 is 15.2 Å². The summed E-state index contributed by atoms with van der Waals surface area (Å²) < 4.78 is 34.7. The van der Waals surface area contributed by atoms with E-state index in [0.717, 1.165) is 0 Å². The number of nitrogens with two attached hydrogens (primary N) is 1. The minimum Gasteiger partial charge on any atom is -0.438 e. The molecule has 180 valence electrons. The van der Waals surface area contributed by atoms with Gasteiger partial charge in [-0.25, -0.2) is 4.79 Å². The minimum absolute atomic E-state index is 0.108. The lowest BCUT2D eigenvalue weighted by Gasteiger charge is -2.21. The third-order valence-electron chi connectivity index (χ3n) is 3.80. The van der Waals surface area contributed by atoms with E-state index in [4.69, 9.17) is 24.3 Å². The van der Waals surface area contributed by atoms with Gasteiger partial charge in [-0.15, -0.1) is 0 Å². The van der Waals surface area contributed by atoms with Gasteiger partial charge in [0.1, 0.15) is 5.82 Å². The van der Waals surface area contributed by atoms with E-state index in [1.165, 1.54) is 22.9 Å². The molecule has 0 aliphatic heterocycles. The summed E-state index contributed by atoms with van der Waals surface area (Å²) in [5.74, 6) is -0.987. The van der Waals surface area contributed by atoms with Crippen LogP contribution < -0.4 is 11.4 Å². The lowest BCUT2D eigenvalue weighted by atomic mass is 9.98. The Kier molecular flexibility index (Phi) is 9.81. The highest BCUT2D eigenvalue weighted by Gasteiger charge is 2.29. The Morgan fingerprint density at radius 1 is 1.03 bits per heavy atom. The fourth-order valence-corrected chi connectivity index (χ4v) is 2.99. The number of nitrogens with zero attached hydrogens (tertiary/aromatic N) is 2. The van der Waals surface area contributed by atoms with Gasteiger partial charge in [0.15, 0.2) is 0 Å². The van der Waals surface area contributed by atoms with Crippen LogP contribution >= 0.6 is 7.60 Å². The van der Waals surface area contributed by atoms with E-state index in [-0.39, 0.29) is 18.5 Å². The molecule has 0 radical (unpaired) electrons. The molecule has 0 atom stereocenters. The summed E-state index contributed by atoms with van der Waals surface area (Å²) >= 11 is 0. The van der Waals surface area contributed by atoms with E-state index < -0.39 is 49.6 Å². The first-order valence-electron chi connectivity index (χ1n) is 9.85. The Bertz CT molecular complexity index is 892. The number of rotatable bonds is 10. The SMILES string of the molecule is CC(C)(C)C(=O)OCOP(=O)(C/C=C/Cn1ccc(N)nc1=O)OCOC(=O)C(C)(C)C. The van der Waals surface area contributed by atoms with Crippen molar-refractivity contribution in [1.82, 2.24) is 9.55 Å². The van der Waals surface area contributed by atoms with Crippen LogP contribution in [-0.2, 0) is 39.2 Å². The van der Waals surface area contributed by atoms with Gasteiger partial charge >= 0.3 is 25.2 Å². The number of carbonyl (C=O) groups is 2. The zero-order valence-electron chi connectivity index (χ0n) is 19.3. The number of aromatic nitrogens is 2. The summed E-state index contributed by atoms with van der Waals surface area (Å²) in [7, 11) is -3.84. The molecule has 0 spiro atoms. The highest BCUT2D eigenvalue weighted by molar-refractivity contribution is 7.54. The van der Waals surface area contributed by atoms with Crippen molar-refractivity contribution < 1.29 is 32.7 Å². The van der Waals surface area contributed by atoms with Crippen molar-refractivity contribution in [3.63, 3.8) is 0 Å². The van der Waals surface area contributed by atoms with Crippen LogP contribution in [0.1, 0.15) is 41.5 Å². The van der Waals surface area contributed by atoms with E-state index in [0.29, 0.717) is 0 Å². The first kappa shape index (κ1) is 27.5. The number of ether oxygens (including phenoxy) is 2. The molecule has 2 N–H and O–H groups in total. The summed E-state index contributed by atoms with van der Waals surface area (Å²) in [6.45, 7) is 8.91. The van der Waals surface area contributed by atoms with Gasteiger partial charge in [0.25, 0.3) is 0 Å². The predicted octanol–water partition coefficient (Wildman–Crippen LogP) is 2.70. The zero-order chi connectivity index (χ0) is 24.6. The van der Waals surface area contributed by atoms with E-state index in [2.05, 4.69) is 4.98 Å². The molecule has 0 bridgehead atoms. The number of anilines is 1. The molecule has 0 saturated carbocycles. The molecule has 0 aromatic carbocycles. The first-order valence-corrected chi connectivity index (χ1v) is 11.6. The van der Waals surface area contributed by atoms with Gasteiger partial charge in [-0.05, 0) is 47.6 Å². The van der Waals surface area contributed by atoms with Crippen LogP contribution in [0.3, 0.4) is 0 Å². The van der Waals surface area contributed by atoms with Crippen LogP contribution in [0.25, 0.3) is 0 Å². The molecule has 0 saturated heterocycles. The van der Waals surface area contributed by atoms with E-state index >= 15 is 0 Å². The molecule has 1 aromatic rings. The molecular weight excluding hydrogens is 441 g/mol. The molecule has 0 aliphatic carbocycles. The second kappa shape index (κ2) is 11.4. The predicted molar refractivity (Wildman–Crippen MR) is 118 cm³/mol. The molecule has 1 aromatic heterocycles. The van der Waals surface area contributed by atoms with Crippen molar-refractivity contribution >= 4 is 25.4 Å². The zero-order valence-corrected chi connectivity index (χ0v) is 20.2. The van der Waals surface area contributed by atoms with Gasteiger partial charge in [-0.3, -0.25) is 27.8 Å². The summed E-state index contributed by atoms with van der Waals surface area (Å²) in [6, 6.07) is 1.47. The van der Waals surface area contributed by atoms with Gasteiger partial charge in [0.2, 0.25) is 13.6 Å². The normalized spacial score (nSPS) is 12.7. The van der Waals surface area contributed by atoms with Crippen LogP contribution in [0.5, 0.6) is 0 Å². The highest BCUT2D eigenvalue weighted by atomic mass is 31.2. The standard InChI is InChI=1S/C20H32N3O8P/c1-19(2,3)16(24)28-13-30-32(27,31-14-29-17(25)20(4,5)6)12-8-7-10-23-11-9-15(21)22-18(23)26/h7-9,11H,10,12-14H2,1-6H3,(H2,21,22,26)/b8-7+. The van der Waals surface area contributed by atoms with Crippen molar-refractivity contribution in [3.05, 3.63) is 34.9 Å². The quantitative estimate of drug-likeness (QED) is 0.233. The lowest BCUT2D eigenvalue weighted by Crippen LogP contribution is -2.25. The number of allylic oxidation sites excluding steroid dienone is 2. The van der Waals surface area contributed by atoms with Gasteiger partial charge in [-0.1, -0.05) is 12.2 Å². The van der Waals surface area contributed by atoms with Crippen LogP contribution in [-0.4, -0.2) is 41.2 Å². The summed E-state index contributed by atoms with van der Waals surface area (Å²) in [6.07, 6.45) is 4.28. The third kappa shape index (κ3) is 9.76. The maximum Gasteiger partial charge on any atom is 0.349 e. The Labute approximate surface area is 187 Å². The number of nitrogen functional groups attached to an aromatic ring is 1. The number of hydrogen-bond acceptors (Lipinski definition) is 10. The molecule has 1 heterocycles. The smallest absolute Gasteiger partial charge is 0.349 e. The Hall–Kier alpha value is -2.49. The molecule has 0 amide bonds. The first-order chi connectivity index (χ1) is 14.6.